The number of amides is 2. The summed E-state index contributed by atoms with van der Waals surface area (Å²) in [6.07, 6.45) is 3.24. The van der Waals surface area contributed by atoms with Gasteiger partial charge in [-0.1, -0.05) is 0 Å². The number of ether oxygens (including phenoxy) is 1. The highest BCUT2D eigenvalue weighted by Gasteiger charge is 2.23. The summed E-state index contributed by atoms with van der Waals surface area (Å²) in [7, 11) is 0. The molecular formula is C11H20N2O3. The van der Waals surface area contributed by atoms with E-state index < -0.39 is 0 Å². The maximum absolute atomic E-state index is 11.7. The zero-order chi connectivity index (χ0) is 12.0. The number of carbonyl (C=O) groups is 2. The number of rotatable bonds is 3. The molecule has 0 radical (unpaired) electrons. The van der Waals surface area contributed by atoms with Crippen LogP contribution in [0.4, 0.5) is 4.79 Å². The number of likely N-dealkylation sites (tertiary alicyclic amines) is 1. The molecule has 0 saturated carbocycles. The summed E-state index contributed by atoms with van der Waals surface area (Å²) in [5.41, 5.74) is 0. The average Bonchev–Trinajstić information content (AvgIpc) is 2.27. The molecule has 1 rings (SSSR count). The Labute approximate surface area is 96.1 Å². The fourth-order valence-electron chi connectivity index (χ4n) is 1.86. The Bertz CT molecular complexity index is 256. The third-order valence-electron chi connectivity index (χ3n) is 2.75. The highest BCUT2D eigenvalue weighted by Crippen LogP contribution is 2.15. The van der Waals surface area contributed by atoms with Gasteiger partial charge in [-0.2, -0.15) is 0 Å². The molecule has 5 heteroatoms. The van der Waals surface area contributed by atoms with Crippen LogP contribution in [-0.2, 0) is 9.53 Å². The molecule has 1 unspecified atom stereocenters. The summed E-state index contributed by atoms with van der Waals surface area (Å²) in [5, 5.41) is 2.58. The van der Waals surface area contributed by atoms with Crippen LogP contribution < -0.4 is 5.32 Å². The predicted molar refractivity (Wildman–Crippen MR) is 60.1 cm³/mol. The summed E-state index contributed by atoms with van der Waals surface area (Å²) < 4.78 is 4.73. The molecule has 2 amide bonds. The number of nitrogens with zero attached hydrogens (tertiary/aromatic N) is 1. The van der Waals surface area contributed by atoms with Crippen LogP contribution in [0, 0.1) is 0 Å². The van der Waals surface area contributed by atoms with Crippen molar-refractivity contribution >= 4 is 12.0 Å². The first-order valence-corrected chi connectivity index (χ1v) is 5.85. The molecule has 1 aliphatic heterocycles. The Morgan fingerprint density at radius 1 is 1.44 bits per heavy atom. The molecule has 92 valence electrons. The Morgan fingerprint density at radius 3 is 2.81 bits per heavy atom. The van der Waals surface area contributed by atoms with Crippen LogP contribution in [0.3, 0.4) is 0 Å². The fraction of sp³-hybridized carbons (Fsp3) is 0.818. The van der Waals surface area contributed by atoms with Gasteiger partial charge < -0.3 is 15.0 Å². The first kappa shape index (κ1) is 12.8. The SMILES string of the molecule is CCOC(=O)CNC(=O)N1CCCCC1C. The second kappa shape index (κ2) is 6.35. The van der Waals surface area contributed by atoms with Gasteiger partial charge in [-0.25, -0.2) is 4.79 Å². The van der Waals surface area contributed by atoms with Crippen LogP contribution in [0.2, 0.25) is 0 Å². The van der Waals surface area contributed by atoms with Crippen LogP contribution in [0.15, 0.2) is 0 Å². The van der Waals surface area contributed by atoms with Crippen molar-refractivity contribution in [2.75, 3.05) is 19.7 Å². The van der Waals surface area contributed by atoms with Gasteiger partial charge in [0, 0.05) is 12.6 Å². The van der Waals surface area contributed by atoms with Gasteiger partial charge in [-0.15, -0.1) is 0 Å². The molecular weight excluding hydrogens is 208 g/mol. The average molecular weight is 228 g/mol. The molecule has 0 spiro atoms. The molecule has 16 heavy (non-hydrogen) atoms. The first-order valence-electron chi connectivity index (χ1n) is 5.85. The first-order chi connectivity index (χ1) is 7.65. The number of nitrogens with one attached hydrogen (secondary N) is 1. The largest absolute Gasteiger partial charge is 0.465 e. The van der Waals surface area contributed by atoms with Crippen molar-refractivity contribution < 1.29 is 14.3 Å². The van der Waals surface area contributed by atoms with E-state index in [4.69, 9.17) is 4.74 Å². The maximum Gasteiger partial charge on any atom is 0.325 e. The Balaban J connectivity index is 2.31. The highest BCUT2D eigenvalue weighted by atomic mass is 16.5. The Morgan fingerprint density at radius 2 is 2.19 bits per heavy atom. The lowest BCUT2D eigenvalue weighted by atomic mass is 10.0. The third kappa shape index (κ3) is 3.72. The molecule has 0 aromatic heterocycles. The number of hydrogen-bond donors (Lipinski definition) is 1. The van der Waals surface area contributed by atoms with Gasteiger partial charge in [-0.3, -0.25) is 4.79 Å². The smallest absolute Gasteiger partial charge is 0.325 e. The van der Waals surface area contributed by atoms with Crippen LogP contribution in [0.1, 0.15) is 33.1 Å². The molecule has 1 fully saturated rings. The summed E-state index contributed by atoms with van der Waals surface area (Å²) in [6.45, 7) is 4.84. The lowest BCUT2D eigenvalue weighted by Gasteiger charge is -2.33. The van der Waals surface area contributed by atoms with Crippen LogP contribution >= 0.6 is 0 Å². The van der Waals surface area contributed by atoms with E-state index in [9.17, 15) is 9.59 Å². The Kier molecular flexibility index (Phi) is 5.08. The lowest BCUT2D eigenvalue weighted by molar-refractivity contribution is -0.141. The number of hydrogen-bond acceptors (Lipinski definition) is 3. The monoisotopic (exact) mass is 228 g/mol. The van der Waals surface area contributed by atoms with E-state index in [-0.39, 0.29) is 24.6 Å². The number of esters is 1. The molecule has 0 aromatic rings. The summed E-state index contributed by atoms with van der Waals surface area (Å²) in [6, 6.07) is 0.0937. The van der Waals surface area contributed by atoms with Crippen molar-refractivity contribution in [1.82, 2.24) is 10.2 Å². The van der Waals surface area contributed by atoms with Crippen molar-refractivity contribution in [2.24, 2.45) is 0 Å². The number of piperidine rings is 1. The van der Waals surface area contributed by atoms with Crippen molar-refractivity contribution in [3.05, 3.63) is 0 Å². The molecule has 0 aromatic carbocycles. The Hall–Kier alpha value is -1.26. The molecule has 0 aliphatic carbocycles. The van der Waals surface area contributed by atoms with Crippen molar-refractivity contribution in [1.29, 1.82) is 0 Å². The minimum atomic E-state index is -0.388. The van der Waals surface area contributed by atoms with Gasteiger partial charge in [-0.05, 0) is 33.1 Å². The molecule has 1 aliphatic rings. The summed E-state index contributed by atoms with van der Waals surface area (Å²) >= 11 is 0. The van der Waals surface area contributed by atoms with Gasteiger partial charge >= 0.3 is 12.0 Å². The number of carbonyl (C=O) groups excluding carboxylic acids is 2. The molecule has 1 atom stereocenters. The van der Waals surface area contributed by atoms with E-state index >= 15 is 0 Å². The van der Waals surface area contributed by atoms with Crippen LogP contribution in [0.5, 0.6) is 0 Å². The van der Waals surface area contributed by atoms with Gasteiger partial charge in [0.1, 0.15) is 6.54 Å². The molecule has 5 nitrogen and oxygen atoms in total. The van der Waals surface area contributed by atoms with Crippen LogP contribution in [-0.4, -0.2) is 42.6 Å². The fourth-order valence-corrected chi connectivity index (χ4v) is 1.86. The highest BCUT2D eigenvalue weighted by molar-refractivity contribution is 5.81. The van der Waals surface area contributed by atoms with Gasteiger partial charge in [0.05, 0.1) is 6.61 Å². The van der Waals surface area contributed by atoms with Crippen LogP contribution in [0.25, 0.3) is 0 Å². The van der Waals surface area contributed by atoms with E-state index in [0.29, 0.717) is 6.61 Å². The predicted octanol–water partition coefficient (Wildman–Crippen LogP) is 1.13. The standard InChI is InChI=1S/C11H20N2O3/c1-3-16-10(14)8-12-11(15)13-7-5-4-6-9(13)2/h9H,3-8H2,1-2H3,(H,12,15). The molecule has 0 bridgehead atoms. The van der Waals surface area contributed by atoms with Gasteiger partial charge in [0.2, 0.25) is 0 Å². The zero-order valence-corrected chi connectivity index (χ0v) is 9.99. The zero-order valence-electron chi connectivity index (χ0n) is 9.99. The van der Waals surface area contributed by atoms with Crippen molar-refractivity contribution in [2.45, 2.75) is 39.2 Å². The molecule has 1 heterocycles. The topological polar surface area (TPSA) is 58.6 Å². The molecule has 1 N–H and O–H groups in total. The number of urea groups is 1. The van der Waals surface area contributed by atoms with E-state index in [1.165, 1.54) is 6.42 Å². The third-order valence-corrected chi connectivity index (χ3v) is 2.75. The summed E-state index contributed by atoms with van der Waals surface area (Å²) in [4.78, 5) is 24.6. The molecule has 1 saturated heterocycles. The second-order valence-electron chi connectivity index (χ2n) is 4.00. The van der Waals surface area contributed by atoms with Gasteiger partial charge in [0.15, 0.2) is 0 Å². The quantitative estimate of drug-likeness (QED) is 0.737. The van der Waals surface area contributed by atoms with E-state index in [0.717, 1.165) is 19.4 Å². The lowest BCUT2D eigenvalue weighted by Crippen LogP contribution is -2.48. The van der Waals surface area contributed by atoms with E-state index in [1.54, 1.807) is 11.8 Å². The maximum atomic E-state index is 11.7. The normalized spacial score (nSPS) is 20.4. The van der Waals surface area contributed by atoms with E-state index in [2.05, 4.69) is 5.32 Å². The summed E-state index contributed by atoms with van der Waals surface area (Å²) in [5.74, 6) is -0.388. The second-order valence-corrected chi connectivity index (χ2v) is 4.00. The van der Waals surface area contributed by atoms with Crippen molar-refractivity contribution in [3.8, 4) is 0 Å². The van der Waals surface area contributed by atoms with Crippen molar-refractivity contribution in [3.63, 3.8) is 0 Å². The minimum absolute atomic E-state index is 0.0457. The minimum Gasteiger partial charge on any atom is -0.465 e. The van der Waals surface area contributed by atoms with E-state index in [1.807, 2.05) is 6.92 Å². The van der Waals surface area contributed by atoms with Gasteiger partial charge in [0.25, 0.3) is 0 Å².